The van der Waals surface area contributed by atoms with E-state index in [2.05, 4.69) is 27.9 Å². The summed E-state index contributed by atoms with van der Waals surface area (Å²) in [7, 11) is 3.68. The Balaban J connectivity index is 1.50. The summed E-state index contributed by atoms with van der Waals surface area (Å²) in [4.78, 5) is 28.9. The van der Waals surface area contributed by atoms with Crippen LogP contribution in [0.25, 0.3) is 0 Å². The molecule has 9 nitrogen and oxygen atoms in total. The lowest BCUT2D eigenvalue weighted by molar-refractivity contribution is -0.138. The second kappa shape index (κ2) is 7.38. The number of amides is 1. The fourth-order valence-corrected chi connectivity index (χ4v) is 3.89. The van der Waals surface area contributed by atoms with Gasteiger partial charge in [-0.05, 0) is 36.0 Å². The zero-order valence-electron chi connectivity index (χ0n) is 17.0. The number of nitrogens with two attached hydrogens (primary N) is 1. The van der Waals surface area contributed by atoms with Crippen LogP contribution in [0.5, 0.6) is 11.5 Å². The number of carbonyl (C=O) groups is 1. The van der Waals surface area contributed by atoms with E-state index in [1.165, 1.54) is 5.56 Å². The van der Waals surface area contributed by atoms with Crippen molar-refractivity contribution < 1.29 is 14.3 Å². The maximum atomic E-state index is 12.6. The fraction of sp³-hybridized carbons (Fsp3) is 0.500. The average Bonchev–Trinajstić information content (AvgIpc) is 3.12. The maximum Gasteiger partial charge on any atom is 0.231 e. The summed E-state index contributed by atoms with van der Waals surface area (Å²) in [5.74, 6) is 2.82. The molecule has 1 saturated heterocycles. The van der Waals surface area contributed by atoms with E-state index in [9.17, 15) is 4.79 Å². The summed E-state index contributed by atoms with van der Waals surface area (Å²) in [6.07, 6.45) is 2.18. The predicted molar refractivity (Wildman–Crippen MR) is 108 cm³/mol. The molecule has 1 aromatic heterocycles. The molecule has 1 fully saturated rings. The number of nitrogen functional groups attached to an aromatic ring is 1. The highest BCUT2D eigenvalue weighted by molar-refractivity contribution is 5.77. The average molecular weight is 398 g/mol. The van der Waals surface area contributed by atoms with Crippen molar-refractivity contribution in [3.63, 3.8) is 0 Å². The first kappa shape index (κ1) is 19.2. The van der Waals surface area contributed by atoms with Gasteiger partial charge in [-0.2, -0.15) is 15.0 Å². The van der Waals surface area contributed by atoms with Crippen LogP contribution in [0.4, 0.5) is 11.9 Å². The number of fused-ring (bicyclic) bond motifs is 1. The number of rotatable bonds is 5. The molecule has 3 heterocycles. The number of benzene rings is 1. The lowest BCUT2D eigenvalue weighted by Gasteiger charge is -2.40. The Kier molecular flexibility index (Phi) is 4.89. The van der Waals surface area contributed by atoms with Gasteiger partial charge in [0.1, 0.15) is 0 Å². The van der Waals surface area contributed by atoms with Crippen LogP contribution in [-0.2, 0) is 17.8 Å². The molecule has 2 aliphatic rings. The molecule has 154 valence electrons. The third-order valence-corrected chi connectivity index (χ3v) is 5.36. The van der Waals surface area contributed by atoms with Crippen LogP contribution in [0.3, 0.4) is 0 Å². The van der Waals surface area contributed by atoms with Crippen molar-refractivity contribution in [2.24, 2.45) is 5.41 Å². The van der Waals surface area contributed by atoms with Gasteiger partial charge in [-0.25, -0.2) is 0 Å². The molecule has 29 heavy (non-hydrogen) atoms. The van der Waals surface area contributed by atoms with Gasteiger partial charge < -0.3 is 25.0 Å². The van der Waals surface area contributed by atoms with Gasteiger partial charge in [0.05, 0.1) is 6.54 Å². The van der Waals surface area contributed by atoms with Crippen molar-refractivity contribution in [2.45, 2.75) is 32.7 Å². The zero-order chi connectivity index (χ0) is 20.6. The maximum absolute atomic E-state index is 12.6. The van der Waals surface area contributed by atoms with Gasteiger partial charge in [-0.15, -0.1) is 0 Å². The van der Waals surface area contributed by atoms with E-state index >= 15 is 0 Å². The Morgan fingerprint density at radius 3 is 2.79 bits per heavy atom. The van der Waals surface area contributed by atoms with Crippen molar-refractivity contribution >= 4 is 17.8 Å². The Morgan fingerprint density at radius 1 is 1.21 bits per heavy atom. The first-order valence-electron chi connectivity index (χ1n) is 9.65. The van der Waals surface area contributed by atoms with Crippen molar-refractivity contribution in [1.29, 1.82) is 0 Å². The van der Waals surface area contributed by atoms with Gasteiger partial charge in [0.15, 0.2) is 17.3 Å². The third-order valence-electron chi connectivity index (χ3n) is 5.36. The number of hydrogen-bond acceptors (Lipinski definition) is 8. The number of hydrogen-bond donors (Lipinski definition) is 1. The third kappa shape index (κ3) is 4.18. The zero-order valence-corrected chi connectivity index (χ0v) is 17.0. The van der Waals surface area contributed by atoms with Crippen LogP contribution in [0.1, 0.15) is 31.2 Å². The predicted octanol–water partition coefficient (Wildman–Crippen LogP) is 1.62. The van der Waals surface area contributed by atoms with Crippen LogP contribution in [0, 0.1) is 5.41 Å². The molecule has 0 radical (unpaired) electrons. The molecule has 9 heteroatoms. The van der Waals surface area contributed by atoms with Crippen LogP contribution in [0.2, 0.25) is 0 Å². The number of ether oxygens (including phenoxy) is 2. The number of anilines is 2. The Bertz CT molecular complexity index is 934. The summed E-state index contributed by atoms with van der Waals surface area (Å²) >= 11 is 0. The number of likely N-dealkylation sites (tertiary alicyclic amines) is 1. The largest absolute Gasteiger partial charge is 0.454 e. The van der Waals surface area contributed by atoms with Crippen LogP contribution in [0.15, 0.2) is 18.2 Å². The van der Waals surface area contributed by atoms with E-state index in [0.29, 0.717) is 31.3 Å². The molecule has 4 rings (SSSR count). The fourth-order valence-electron chi connectivity index (χ4n) is 3.89. The number of aromatic nitrogens is 3. The molecule has 0 aliphatic carbocycles. The highest BCUT2D eigenvalue weighted by Gasteiger charge is 2.35. The summed E-state index contributed by atoms with van der Waals surface area (Å²) in [6, 6.07) is 6.04. The minimum atomic E-state index is -0.0510. The molecule has 0 unspecified atom stereocenters. The quantitative estimate of drug-likeness (QED) is 0.810. The monoisotopic (exact) mass is 398 g/mol. The van der Waals surface area contributed by atoms with Crippen molar-refractivity contribution in [3.05, 3.63) is 29.6 Å². The summed E-state index contributed by atoms with van der Waals surface area (Å²) in [5.41, 5.74) is 6.94. The topological polar surface area (TPSA) is 107 Å². The van der Waals surface area contributed by atoms with Gasteiger partial charge in [-0.1, -0.05) is 13.0 Å². The molecule has 0 saturated carbocycles. The Hall–Kier alpha value is -3.10. The molecule has 1 atom stereocenters. The summed E-state index contributed by atoms with van der Waals surface area (Å²) in [6.45, 7) is 3.43. The molecule has 1 amide bonds. The minimum absolute atomic E-state index is 0.0510. The molecule has 2 aliphatic heterocycles. The SMILES string of the molecule is CN(C)c1nc(N)nc(CN2C[C@@](C)(Cc3ccc4c(c3)OCO4)CCC2=O)n1. The minimum Gasteiger partial charge on any atom is -0.454 e. The Morgan fingerprint density at radius 2 is 2.00 bits per heavy atom. The molecule has 0 bridgehead atoms. The molecule has 2 N–H and O–H groups in total. The van der Waals surface area contributed by atoms with E-state index < -0.39 is 0 Å². The van der Waals surface area contributed by atoms with Crippen LogP contribution in [-0.4, -0.2) is 53.2 Å². The van der Waals surface area contributed by atoms with Gasteiger partial charge >= 0.3 is 0 Å². The normalized spacial score (nSPS) is 20.8. The van der Waals surface area contributed by atoms with E-state index in [1.54, 1.807) is 4.90 Å². The second-order valence-electron chi connectivity index (χ2n) is 8.23. The number of carbonyl (C=O) groups excluding carboxylic acids is 1. The van der Waals surface area contributed by atoms with Gasteiger partial charge in [0.2, 0.25) is 24.6 Å². The van der Waals surface area contributed by atoms with Gasteiger partial charge in [0.25, 0.3) is 0 Å². The molecule has 0 spiro atoms. The molecular weight excluding hydrogens is 372 g/mol. The molecule has 2 aromatic rings. The van der Waals surface area contributed by atoms with E-state index in [1.807, 2.05) is 31.1 Å². The standard InChI is InChI=1S/C20H26N6O3/c1-20(9-13-4-5-14-15(8-13)29-12-28-14)7-6-17(27)26(11-20)10-16-22-18(21)24-19(23-16)25(2)3/h4-5,8H,6-7,9-12H2,1-3H3,(H2,21,22,23,24)/t20-/m1/s1. The van der Waals surface area contributed by atoms with E-state index in [0.717, 1.165) is 24.3 Å². The summed E-state index contributed by atoms with van der Waals surface area (Å²) < 4.78 is 10.9. The lowest BCUT2D eigenvalue weighted by Crippen LogP contribution is -2.46. The van der Waals surface area contributed by atoms with Gasteiger partial charge in [0, 0.05) is 27.1 Å². The summed E-state index contributed by atoms with van der Waals surface area (Å²) in [5, 5.41) is 0. The van der Waals surface area contributed by atoms with Crippen molar-refractivity contribution in [1.82, 2.24) is 19.9 Å². The number of piperidine rings is 1. The van der Waals surface area contributed by atoms with Crippen molar-refractivity contribution in [3.8, 4) is 11.5 Å². The second-order valence-corrected chi connectivity index (χ2v) is 8.23. The number of nitrogens with zero attached hydrogens (tertiary/aromatic N) is 5. The van der Waals surface area contributed by atoms with E-state index in [-0.39, 0.29) is 24.1 Å². The van der Waals surface area contributed by atoms with Crippen molar-refractivity contribution in [2.75, 3.05) is 38.1 Å². The molecule has 1 aromatic carbocycles. The highest BCUT2D eigenvalue weighted by atomic mass is 16.7. The smallest absolute Gasteiger partial charge is 0.231 e. The molecular formula is C20H26N6O3. The highest BCUT2D eigenvalue weighted by Crippen LogP contribution is 2.38. The van der Waals surface area contributed by atoms with Gasteiger partial charge in [-0.3, -0.25) is 4.79 Å². The van der Waals surface area contributed by atoms with E-state index in [4.69, 9.17) is 15.2 Å². The first-order valence-corrected chi connectivity index (χ1v) is 9.65. The van der Waals surface area contributed by atoms with Crippen LogP contribution < -0.4 is 20.1 Å². The lowest BCUT2D eigenvalue weighted by atomic mass is 9.76. The Labute approximate surface area is 169 Å². The first-order chi connectivity index (χ1) is 13.8. The van der Waals surface area contributed by atoms with Crippen LogP contribution >= 0.6 is 0 Å².